The number of rotatable bonds is 7. The van der Waals surface area contributed by atoms with Gasteiger partial charge in [0.15, 0.2) is 5.82 Å². The molecule has 1 aromatic heterocycles. The Hall–Kier alpha value is -3.22. The number of anilines is 1. The van der Waals surface area contributed by atoms with Gasteiger partial charge in [-0.3, -0.25) is 4.79 Å². The van der Waals surface area contributed by atoms with Gasteiger partial charge in [0, 0.05) is 17.8 Å². The van der Waals surface area contributed by atoms with E-state index in [0.29, 0.717) is 23.7 Å². The maximum absolute atomic E-state index is 12.3. The summed E-state index contributed by atoms with van der Waals surface area (Å²) in [5.41, 5.74) is 2.58. The fourth-order valence-corrected chi connectivity index (χ4v) is 2.45. The first-order valence-corrected chi connectivity index (χ1v) is 8.57. The van der Waals surface area contributed by atoms with Crippen LogP contribution in [-0.2, 0) is 19.6 Å². The Balaban J connectivity index is 1.58. The Morgan fingerprint density at radius 1 is 1.08 bits per heavy atom. The highest BCUT2D eigenvalue weighted by Gasteiger charge is 2.08. The predicted octanol–water partition coefficient (Wildman–Crippen LogP) is 3.09. The molecule has 0 unspecified atom stereocenters. The maximum Gasteiger partial charge on any atom is 0.255 e. The van der Waals surface area contributed by atoms with Crippen LogP contribution in [0.4, 0.5) is 5.69 Å². The molecule has 0 saturated carbocycles. The molecule has 26 heavy (non-hydrogen) atoms. The molecule has 134 valence electrons. The molecule has 0 radical (unpaired) electrons. The third-order valence-electron chi connectivity index (χ3n) is 4.01. The minimum absolute atomic E-state index is 0.157. The number of carbonyl (C=O) groups excluding carboxylic acids is 1. The molecule has 0 atom stereocenters. The molecule has 0 aliphatic rings. The van der Waals surface area contributed by atoms with E-state index in [-0.39, 0.29) is 12.5 Å². The van der Waals surface area contributed by atoms with Crippen LogP contribution in [0.5, 0.6) is 5.75 Å². The molecule has 0 spiro atoms. The van der Waals surface area contributed by atoms with E-state index in [1.165, 1.54) is 5.56 Å². The molecule has 1 amide bonds. The van der Waals surface area contributed by atoms with Gasteiger partial charge in [0.1, 0.15) is 12.4 Å². The van der Waals surface area contributed by atoms with E-state index in [1.807, 2.05) is 31.2 Å². The third kappa shape index (κ3) is 4.24. The second-order valence-electron chi connectivity index (χ2n) is 5.73. The fraction of sp³-hybridized carbons (Fsp3) is 0.263. The van der Waals surface area contributed by atoms with Crippen molar-refractivity contribution in [3.05, 3.63) is 65.5 Å². The number of carbonyl (C=O) groups is 1. The molecule has 0 aliphatic carbocycles. The summed E-state index contributed by atoms with van der Waals surface area (Å²) in [5.74, 6) is 1.15. The van der Waals surface area contributed by atoms with Gasteiger partial charge in [0.05, 0.1) is 0 Å². The van der Waals surface area contributed by atoms with Gasteiger partial charge in [-0.05, 0) is 65.7 Å². The van der Waals surface area contributed by atoms with Crippen molar-refractivity contribution in [3.8, 4) is 5.75 Å². The minimum Gasteiger partial charge on any atom is -0.486 e. The van der Waals surface area contributed by atoms with Crippen molar-refractivity contribution < 1.29 is 9.53 Å². The number of hydrogen-bond acceptors (Lipinski definition) is 5. The van der Waals surface area contributed by atoms with Crippen LogP contribution >= 0.6 is 0 Å². The fourth-order valence-electron chi connectivity index (χ4n) is 2.45. The molecule has 3 rings (SSSR count). The lowest BCUT2D eigenvalue weighted by molar-refractivity contribution is 0.102. The first-order chi connectivity index (χ1) is 12.7. The number of hydrogen-bond donors (Lipinski definition) is 1. The zero-order valence-corrected chi connectivity index (χ0v) is 14.8. The van der Waals surface area contributed by atoms with Crippen LogP contribution in [0.25, 0.3) is 0 Å². The van der Waals surface area contributed by atoms with Crippen LogP contribution in [0.15, 0.2) is 48.5 Å². The molecule has 1 N–H and O–H groups in total. The number of amides is 1. The van der Waals surface area contributed by atoms with Crippen molar-refractivity contribution in [1.29, 1.82) is 0 Å². The van der Waals surface area contributed by atoms with Crippen LogP contribution < -0.4 is 10.1 Å². The summed E-state index contributed by atoms with van der Waals surface area (Å²) >= 11 is 0. The third-order valence-corrected chi connectivity index (χ3v) is 4.01. The van der Waals surface area contributed by atoms with Gasteiger partial charge in [0.2, 0.25) is 0 Å². The molecule has 0 fully saturated rings. The van der Waals surface area contributed by atoms with Crippen molar-refractivity contribution in [2.45, 2.75) is 33.4 Å². The van der Waals surface area contributed by atoms with E-state index in [9.17, 15) is 4.79 Å². The summed E-state index contributed by atoms with van der Waals surface area (Å²) < 4.78 is 7.35. The van der Waals surface area contributed by atoms with Crippen molar-refractivity contribution in [1.82, 2.24) is 20.2 Å². The smallest absolute Gasteiger partial charge is 0.255 e. The largest absolute Gasteiger partial charge is 0.486 e. The Labute approximate surface area is 152 Å². The Bertz CT molecular complexity index is 856. The summed E-state index contributed by atoms with van der Waals surface area (Å²) in [6, 6.07) is 14.8. The van der Waals surface area contributed by atoms with Crippen molar-refractivity contribution in [3.63, 3.8) is 0 Å². The molecule has 7 heteroatoms. The van der Waals surface area contributed by atoms with Crippen molar-refractivity contribution in [2.75, 3.05) is 5.32 Å². The van der Waals surface area contributed by atoms with Crippen LogP contribution in [0.2, 0.25) is 0 Å². The van der Waals surface area contributed by atoms with Gasteiger partial charge in [-0.25, -0.2) is 4.68 Å². The second-order valence-corrected chi connectivity index (χ2v) is 5.73. The van der Waals surface area contributed by atoms with Crippen LogP contribution in [0, 0.1) is 0 Å². The van der Waals surface area contributed by atoms with Crippen molar-refractivity contribution >= 4 is 11.6 Å². The van der Waals surface area contributed by atoms with Crippen LogP contribution in [0.1, 0.15) is 35.6 Å². The van der Waals surface area contributed by atoms with Gasteiger partial charge in [-0.2, -0.15) is 0 Å². The lowest BCUT2D eigenvalue weighted by atomic mass is 10.1. The zero-order chi connectivity index (χ0) is 18.4. The number of nitrogens with zero attached hydrogens (tertiary/aromatic N) is 4. The number of aromatic nitrogens is 4. The SMILES string of the molecule is CCc1ccc(NC(=O)c2ccc(OCc3nnnn3CC)cc2)cc1. The lowest BCUT2D eigenvalue weighted by Crippen LogP contribution is -2.12. The van der Waals surface area contributed by atoms with Gasteiger partial charge in [-0.1, -0.05) is 19.1 Å². The molecule has 2 aromatic carbocycles. The number of aryl methyl sites for hydroxylation is 2. The molecule has 7 nitrogen and oxygen atoms in total. The number of benzene rings is 2. The molecule has 1 heterocycles. The molecule has 0 saturated heterocycles. The predicted molar refractivity (Wildman–Crippen MR) is 98.0 cm³/mol. The topological polar surface area (TPSA) is 81.9 Å². The number of tetrazole rings is 1. The van der Waals surface area contributed by atoms with Gasteiger partial charge >= 0.3 is 0 Å². The van der Waals surface area contributed by atoms with E-state index >= 15 is 0 Å². The quantitative estimate of drug-likeness (QED) is 0.707. The Morgan fingerprint density at radius 2 is 1.81 bits per heavy atom. The van der Waals surface area contributed by atoms with Gasteiger partial charge < -0.3 is 10.1 Å². The lowest BCUT2D eigenvalue weighted by Gasteiger charge is -2.08. The normalized spacial score (nSPS) is 10.5. The summed E-state index contributed by atoms with van der Waals surface area (Å²) in [6.45, 7) is 5.02. The van der Waals surface area contributed by atoms with Crippen LogP contribution in [0.3, 0.4) is 0 Å². The number of ether oxygens (including phenoxy) is 1. The Morgan fingerprint density at radius 3 is 2.46 bits per heavy atom. The summed E-state index contributed by atoms with van der Waals surface area (Å²) in [4.78, 5) is 12.3. The van der Waals surface area contributed by atoms with E-state index < -0.39 is 0 Å². The summed E-state index contributed by atoms with van der Waals surface area (Å²) in [7, 11) is 0. The molecular formula is C19H21N5O2. The van der Waals surface area contributed by atoms with Crippen LogP contribution in [-0.4, -0.2) is 26.1 Å². The summed E-state index contributed by atoms with van der Waals surface area (Å²) in [5, 5.41) is 14.3. The zero-order valence-electron chi connectivity index (χ0n) is 14.8. The highest BCUT2D eigenvalue weighted by Crippen LogP contribution is 2.16. The monoisotopic (exact) mass is 351 g/mol. The number of nitrogens with one attached hydrogen (secondary N) is 1. The average Bonchev–Trinajstić information content (AvgIpc) is 3.15. The first kappa shape index (κ1) is 17.6. The van der Waals surface area contributed by atoms with Gasteiger partial charge in [0.25, 0.3) is 5.91 Å². The minimum atomic E-state index is -0.157. The Kier molecular flexibility index (Phi) is 5.58. The van der Waals surface area contributed by atoms with Crippen molar-refractivity contribution in [2.24, 2.45) is 0 Å². The van der Waals surface area contributed by atoms with E-state index in [2.05, 4.69) is 27.8 Å². The molecule has 0 bridgehead atoms. The van der Waals surface area contributed by atoms with E-state index in [1.54, 1.807) is 28.9 Å². The van der Waals surface area contributed by atoms with Gasteiger partial charge in [-0.15, -0.1) is 5.10 Å². The average molecular weight is 351 g/mol. The molecular weight excluding hydrogens is 330 g/mol. The molecule has 3 aromatic rings. The first-order valence-electron chi connectivity index (χ1n) is 8.57. The highest BCUT2D eigenvalue weighted by molar-refractivity contribution is 6.04. The maximum atomic E-state index is 12.3. The van der Waals surface area contributed by atoms with E-state index in [0.717, 1.165) is 12.1 Å². The summed E-state index contributed by atoms with van der Waals surface area (Å²) in [6.07, 6.45) is 0.973. The second kappa shape index (κ2) is 8.24. The standard InChI is InChI=1S/C19H21N5O2/c1-3-14-5-9-16(10-6-14)20-19(25)15-7-11-17(12-8-15)26-13-18-21-22-23-24(18)4-2/h5-12H,3-4,13H2,1-2H3,(H,20,25). The highest BCUT2D eigenvalue weighted by atomic mass is 16.5. The van der Waals surface area contributed by atoms with E-state index in [4.69, 9.17) is 4.74 Å². The molecule has 0 aliphatic heterocycles.